The second kappa shape index (κ2) is 5.32. The number of rotatable bonds is 3. The number of furan rings is 1. The first kappa shape index (κ1) is 14.6. The third kappa shape index (κ3) is 2.74. The zero-order valence-electron chi connectivity index (χ0n) is 11.9. The highest BCUT2D eigenvalue weighted by molar-refractivity contribution is 6.06. The fourth-order valence-corrected chi connectivity index (χ4v) is 2.11. The van der Waals surface area contributed by atoms with Gasteiger partial charge in [-0.3, -0.25) is 4.79 Å². The van der Waals surface area contributed by atoms with E-state index >= 15 is 0 Å². The third-order valence-electron chi connectivity index (χ3n) is 3.27. The van der Waals surface area contributed by atoms with Gasteiger partial charge in [-0.2, -0.15) is 0 Å². The zero-order chi connectivity index (χ0) is 15.7. The molecule has 0 spiro atoms. The third-order valence-corrected chi connectivity index (χ3v) is 3.27. The molecular formula is C15H15NO5. The van der Waals surface area contributed by atoms with Crippen molar-refractivity contribution in [2.24, 2.45) is 0 Å². The Balaban J connectivity index is 2.32. The summed E-state index contributed by atoms with van der Waals surface area (Å²) in [5.74, 6) is -0.847. The summed E-state index contributed by atoms with van der Waals surface area (Å²) >= 11 is 0. The summed E-state index contributed by atoms with van der Waals surface area (Å²) in [6.07, 6.45) is 0. The number of aromatic carboxylic acids is 1. The van der Waals surface area contributed by atoms with Gasteiger partial charge >= 0.3 is 5.97 Å². The lowest BCUT2D eigenvalue weighted by molar-refractivity contribution is 0.0693. The van der Waals surface area contributed by atoms with E-state index in [1.54, 1.807) is 20.8 Å². The van der Waals surface area contributed by atoms with Gasteiger partial charge in [-0.25, -0.2) is 4.79 Å². The van der Waals surface area contributed by atoms with Crippen LogP contribution in [0.3, 0.4) is 0 Å². The molecule has 1 amide bonds. The molecule has 6 nitrogen and oxygen atoms in total. The molecule has 0 saturated carbocycles. The van der Waals surface area contributed by atoms with Gasteiger partial charge in [0, 0.05) is 11.3 Å². The highest BCUT2D eigenvalue weighted by Gasteiger charge is 2.19. The Bertz CT molecular complexity index is 730. The molecule has 0 bridgehead atoms. The summed E-state index contributed by atoms with van der Waals surface area (Å²) in [5, 5.41) is 21.0. The highest BCUT2D eigenvalue weighted by Crippen LogP contribution is 2.24. The predicted molar refractivity (Wildman–Crippen MR) is 75.9 cm³/mol. The Morgan fingerprint density at radius 3 is 2.33 bits per heavy atom. The van der Waals surface area contributed by atoms with Crippen LogP contribution in [0.1, 0.15) is 37.8 Å². The van der Waals surface area contributed by atoms with Crippen molar-refractivity contribution in [3.63, 3.8) is 0 Å². The van der Waals surface area contributed by atoms with Crippen LogP contribution in [0.5, 0.6) is 5.75 Å². The van der Waals surface area contributed by atoms with Crippen molar-refractivity contribution < 1.29 is 24.2 Å². The number of amides is 1. The predicted octanol–water partition coefficient (Wildman–Crippen LogP) is 2.86. The van der Waals surface area contributed by atoms with E-state index in [4.69, 9.17) is 9.52 Å². The normalized spacial score (nSPS) is 10.4. The van der Waals surface area contributed by atoms with Gasteiger partial charge in [0.15, 0.2) is 0 Å². The maximum atomic E-state index is 12.3. The molecule has 0 aliphatic rings. The Morgan fingerprint density at radius 2 is 1.81 bits per heavy atom. The molecule has 0 unspecified atom stereocenters. The van der Waals surface area contributed by atoms with E-state index in [1.165, 1.54) is 18.2 Å². The van der Waals surface area contributed by atoms with Gasteiger partial charge < -0.3 is 19.9 Å². The fraction of sp³-hybridized carbons (Fsp3) is 0.200. The minimum atomic E-state index is -1.27. The number of aryl methyl sites for hydroxylation is 2. The lowest BCUT2D eigenvalue weighted by Gasteiger charge is -2.07. The highest BCUT2D eigenvalue weighted by atomic mass is 16.4. The van der Waals surface area contributed by atoms with E-state index in [0.29, 0.717) is 17.1 Å². The number of phenols is 1. The average Bonchev–Trinajstić information content (AvgIpc) is 2.65. The minimum Gasteiger partial charge on any atom is -0.507 e. The maximum absolute atomic E-state index is 12.3. The molecule has 110 valence electrons. The van der Waals surface area contributed by atoms with E-state index in [2.05, 4.69) is 5.32 Å². The molecule has 0 atom stereocenters. The number of hydrogen-bond acceptors (Lipinski definition) is 4. The summed E-state index contributed by atoms with van der Waals surface area (Å²) in [5.41, 5.74) is 1.18. The number of nitrogens with one attached hydrogen (secondary N) is 1. The Hall–Kier alpha value is -2.76. The van der Waals surface area contributed by atoms with Crippen LogP contribution < -0.4 is 5.32 Å². The summed E-state index contributed by atoms with van der Waals surface area (Å²) < 4.78 is 5.39. The van der Waals surface area contributed by atoms with E-state index < -0.39 is 5.97 Å². The van der Waals surface area contributed by atoms with Gasteiger partial charge in [0.2, 0.25) is 0 Å². The van der Waals surface area contributed by atoms with E-state index in [9.17, 15) is 14.7 Å². The van der Waals surface area contributed by atoms with E-state index in [-0.39, 0.29) is 22.9 Å². The summed E-state index contributed by atoms with van der Waals surface area (Å²) in [6, 6.07) is 3.85. The first-order valence-electron chi connectivity index (χ1n) is 6.25. The van der Waals surface area contributed by atoms with Crippen LogP contribution in [0.4, 0.5) is 5.69 Å². The van der Waals surface area contributed by atoms with Gasteiger partial charge in [-0.15, -0.1) is 0 Å². The van der Waals surface area contributed by atoms with E-state index in [0.717, 1.165) is 5.56 Å². The molecule has 2 rings (SSSR count). The molecule has 1 aromatic heterocycles. The molecule has 0 saturated heterocycles. The van der Waals surface area contributed by atoms with Crippen LogP contribution in [-0.4, -0.2) is 22.1 Å². The molecule has 0 radical (unpaired) electrons. The van der Waals surface area contributed by atoms with Gasteiger partial charge in [0.25, 0.3) is 5.91 Å². The summed E-state index contributed by atoms with van der Waals surface area (Å²) in [7, 11) is 0. The number of carbonyl (C=O) groups excluding carboxylic acids is 1. The van der Waals surface area contributed by atoms with Crippen molar-refractivity contribution in [3.05, 3.63) is 46.4 Å². The smallest absolute Gasteiger partial charge is 0.339 e. The van der Waals surface area contributed by atoms with E-state index in [1.807, 2.05) is 0 Å². The Labute approximate surface area is 121 Å². The quantitative estimate of drug-likeness (QED) is 0.754. The van der Waals surface area contributed by atoms with Gasteiger partial charge in [0.1, 0.15) is 22.8 Å². The minimum absolute atomic E-state index is 0.274. The van der Waals surface area contributed by atoms with Crippen molar-refractivity contribution >= 4 is 17.6 Å². The number of anilines is 1. The summed E-state index contributed by atoms with van der Waals surface area (Å²) in [4.78, 5) is 23.2. The van der Waals surface area contributed by atoms with Crippen molar-refractivity contribution in [3.8, 4) is 5.75 Å². The number of aromatic hydroxyl groups is 1. The van der Waals surface area contributed by atoms with Crippen molar-refractivity contribution in [2.45, 2.75) is 20.8 Å². The van der Waals surface area contributed by atoms with Crippen molar-refractivity contribution in [2.75, 3.05) is 5.32 Å². The van der Waals surface area contributed by atoms with Crippen LogP contribution in [0.25, 0.3) is 0 Å². The van der Waals surface area contributed by atoms with Crippen molar-refractivity contribution in [1.29, 1.82) is 0 Å². The average molecular weight is 289 g/mol. The van der Waals surface area contributed by atoms with Crippen LogP contribution >= 0.6 is 0 Å². The van der Waals surface area contributed by atoms with Crippen molar-refractivity contribution in [1.82, 2.24) is 0 Å². The number of benzene rings is 1. The molecule has 1 heterocycles. The topological polar surface area (TPSA) is 99.8 Å². The largest absolute Gasteiger partial charge is 0.507 e. The second-order valence-corrected chi connectivity index (χ2v) is 4.71. The molecule has 21 heavy (non-hydrogen) atoms. The molecular weight excluding hydrogens is 274 g/mol. The molecule has 0 aliphatic heterocycles. The van der Waals surface area contributed by atoms with Gasteiger partial charge in [0.05, 0.1) is 5.56 Å². The molecule has 1 aromatic carbocycles. The fourth-order valence-electron chi connectivity index (χ4n) is 2.11. The zero-order valence-corrected chi connectivity index (χ0v) is 11.9. The first-order chi connectivity index (χ1) is 9.81. The molecule has 0 fully saturated rings. The standard InChI is InChI=1S/C15H15NO5/c1-7-8(2)21-9(3)13(7)14(18)16-10-4-5-12(17)11(6-10)15(19)20/h4-6,17H,1-3H3,(H,16,18)(H,19,20). The number of carboxylic acid groups (broad SMARTS) is 1. The first-order valence-corrected chi connectivity index (χ1v) is 6.25. The SMILES string of the molecule is Cc1oc(C)c(C(=O)Nc2ccc(O)c(C(=O)O)c2)c1C. The Morgan fingerprint density at radius 1 is 1.14 bits per heavy atom. The number of carbonyl (C=O) groups is 2. The van der Waals surface area contributed by atoms with Gasteiger partial charge in [-0.05, 0) is 39.0 Å². The summed E-state index contributed by atoms with van der Waals surface area (Å²) in [6.45, 7) is 5.23. The van der Waals surface area contributed by atoms with Gasteiger partial charge in [-0.1, -0.05) is 0 Å². The number of hydrogen-bond donors (Lipinski definition) is 3. The lowest BCUT2D eigenvalue weighted by atomic mass is 10.1. The van der Waals surface area contributed by atoms with Crippen LogP contribution in [0.15, 0.2) is 22.6 Å². The Kier molecular flexibility index (Phi) is 3.71. The van der Waals surface area contributed by atoms with Crippen LogP contribution in [-0.2, 0) is 0 Å². The molecule has 6 heteroatoms. The molecule has 2 aromatic rings. The second-order valence-electron chi connectivity index (χ2n) is 4.71. The molecule has 3 N–H and O–H groups in total. The monoisotopic (exact) mass is 289 g/mol. The van der Waals surface area contributed by atoms with Crippen LogP contribution in [0.2, 0.25) is 0 Å². The number of carboxylic acids is 1. The lowest BCUT2D eigenvalue weighted by Crippen LogP contribution is -2.14. The van der Waals surface area contributed by atoms with Crippen LogP contribution in [0, 0.1) is 20.8 Å². The maximum Gasteiger partial charge on any atom is 0.339 e. The molecule has 0 aliphatic carbocycles.